The topological polar surface area (TPSA) is 76.7 Å². The minimum Gasteiger partial charge on any atom is -0.450 e. The number of carbonyl (C=O) groups excluding carboxylic acids is 2. The molecule has 27 heavy (non-hydrogen) atoms. The normalized spacial score (nSPS) is 10.1. The van der Waals surface area contributed by atoms with Crippen LogP contribution in [0.1, 0.15) is 36.1 Å². The molecule has 0 bridgehead atoms. The molecule has 0 aromatic heterocycles. The maximum absolute atomic E-state index is 11.5. The molecule has 0 spiro atoms. The molecule has 2 aromatic rings. The van der Waals surface area contributed by atoms with E-state index in [1.807, 2.05) is 42.5 Å². The second kappa shape index (κ2) is 10.9. The molecule has 2 aromatic carbocycles. The predicted octanol–water partition coefficient (Wildman–Crippen LogP) is 3.77. The minimum absolute atomic E-state index is 0.352. The van der Waals surface area contributed by atoms with E-state index < -0.39 is 12.2 Å². The van der Waals surface area contributed by atoms with Crippen LogP contribution in [0.2, 0.25) is 0 Å². The Kier molecular flexibility index (Phi) is 8.16. The molecule has 0 unspecified atom stereocenters. The zero-order valence-corrected chi connectivity index (χ0v) is 15.8. The third kappa shape index (κ3) is 7.01. The average Bonchev–Trinajstić information content (AvgIpc) is 2.67. The molecule has 0 fully saturated rings. The highest BCUT2D eigenvalue weighted by molar-refractivity contribution is 5.67. The lowest BCUT2D eigenvalue weighted by Crippen LogP contribution is -2.24. The maximum atomic E-state index is 11.5. The zero-order chi connectivity index (χ0) is 19.5. The van der Waals surface area contributed by atoms with Gasteiger partial charge in [0, 0.05) is 13.1 Å². The standard InChI is InChI=1S/C21H26N2O4/c1-3-26-20(24)22-14-17-11-9-16(10-12-17)13-18-7-5-6-8-19(18)15-23-21(25)27-4-2/h5-12H,3-4,13-15H2,1-2H3,(H,22,24)(H,23,25). The van der Waals surface area contributed by atoms with Crippen LogP contribution in [0.4, 0.5) is 9.59 Å². The Labute approximate surface area is 159 Å². The molecule has 6 heteroatoms. The summed E-state index contributed by atoms with van der Waals surface area (Å²) in [5, 5.41) is 5.46. The lowest BCUT2D eigenvalue weighted by Gasteiger charge is -2.11. The summed E-state index contributed by atoms with van der Waals surface area (Å²) in [6.07, 6.45) is -0.0675. The summed E-state index contributed by atoms with van der Waals surface area (Å²) in [5.41, 5.74) is 4.35. The predicted molar refractivity (Wildman–Crippen MR) is 103 cm³/mol. The Bertz CT molecular complexity index is 744. The first-order chi connectivity index (χ1) is 13.1. The van der Waals surface area contributed by atoms with Gasteiger partial charge in [0.25, 0.3) is 0 Å². The van der Waals surface area contributed by atoms with Crippen molar-refractivity contribution >= 4 is 12.2 Å². The molecule has 0 aliphatic heterocycles. The van der Waals surface area contributed by atoms with Crippen LogP contribution in [0.15, 0.2) is 48.5 Å². The summed E-state index contributed by atoms with van der Waals surface area (Å²) < 4.78 is 9.75. The van der Waals surface area contributed by atoms with Gasteiger partial charge in [0.1, 0.15) is 0 Å². The smallest absolute Gasteiger partial charge is 0.407 e. The van der Waals surface area contributed by atoms with Crippen molar-refractivity contribution in [3.8, 4) is 0 Å². The van der Waals surface area contributed by atoms with Crippen LogP contribution in [0.5, 0.6) is 0 Å². The van der Waals surface area contributed by atoms with E-state index in [1.165, 1.54) is 0 Å². The lowest BCUT2D eigenvalue weighted by atomic mass is 9.99. The van der Waals surface area contributed by atoms with Gasteiger partial charge in [-0.25, -0.2) is 9.59 Å². The number of nitrogens with one attached hydrogen (secondary N) is 2. The molecule has 0 radical (unpaired) electrons. The number of benzene rings is 2. The molecule has 0 saturated heterocycles. The van der Waals surface area contributed by atoms with Crippen LogP contribution in [-0.2, 0) is 29.0 Å². The van der Waals surface area contributed by atoms with E-state index in [0.717, 1.165) is 28.7 Å². The maximum Gasteiger partial charge on any atom is 0.407 e. The molecule has 6 nitrogen and oxygen atoms in total. The van der Waals surface area contributed by atoms with Crippen molar-refractivity contribution in [2.45, 2.75) is 33.4 Å². The van der Waals surface area contributed by atoms with Gasteiger partial charge in [-0.2, -0.15) is 0 Å². The van der Waals surface area contributed by atoms with E-state index >= 15 is 0 Å². The van der Waals surface area contributed by atoms with Gasteiger partial charge in [0.15, 0.2) is 0 Å². The van der Waals surface area contributed by atoms with Crippen LogP contribution in [0.25, 0.3) is 0 Å². The quantitative estimate of drug-likeness (QED) is 0.742. The van der Waals surface area contributed by atoms with Gasteiger partial charge in [0.2, 0.25) is 0 Å². The Morgan fingerprint density at radius 2 is 1.26 bits per heavy atom. The van der Waals surface area contributed by atoms with Crippen LogP contribution < -0.4 is 10.6 Å². The van der Waals surface area contributed by atoms with E-state index in [4.69, 9.17) is 9.47 Å². The number of hydrogen-bond acceptors (Lipinski definition) is 4. The zero-order valence-electron chi connectivity index (χ0n) is 15.8. The van der Waals surface area contributed by atoms with E-state index in [0.29, 0.717) is 26.3 Å². The molecule has 0 atom stereocenters. The van der Waals surface area contributed by atoms with E-state index in [1.54, 1.807) is 13.8 Å². The van der Waals surface area contributed by atoms with E-state index in [-0.39, 0.29) is 0 Å². The van der Waals surface area contributed by atoms with Crippen molar-refractivity contribution in [2.24, 2.45) is 0 Å². The first kappa shape index (κ1) is 20.3. The Morgan fingerprint density at radius 1 is 0.741 bits per heavy atom. The Balaban J connectivity index is 1.94. The number of amides is 2. The third-order valence-electron chi connectivity index (χ3n) is 3.95. The van der Waals surface area contributed by atoms with Gasteiger partial charge in [-0.3, -0.25) is 0 Å². The van der Waals surface area contributed by atoms with Gasteiger partial charge in [0.05, 0.1) is 13.2 Å². The third-order valence-corrected chi connectivity index (χ3v) is 3.95. The summed E-state index contributed by atoms with van der Waals surface area (Å²) in [5.74, 6) is 0. The van der Waals surface area contributed by atoms with E-state index in [2.05, 4.69) is 16.7 Å². The summed E-state index contributed by atoms with van der Waals surface area (Å²) >= 11 is 0. The molecule has 2 rings (SSSR count). The molecule has 0 saturated carbocycles. The van der Waals surface area contributed by atoms with Crippen molar-refractivity contribution in [2.75, 3.05) is 13.2 Å². The molecule has 144 valence electrons. The van der Waals surface area contributed by atoms with Crippen LogP contribution >= 0.6 is 0 Å². The number of carbonyl (C=O) groups is 2. The first-order valence-corrected chi connectivity index (χ1v) is 9.08. The highest BCUT2D eigenvalue weighted by atomic mass is 16.5. The van der Waals surface area contributed by atoms with Gasteiger partial charge < -0.3 is 20.1 Å². The molecular weight excluding hydrogens is 344 g/mol. The van der Waals surface area contributed by atoms with Crippen LogP contribution in [0.3, 0.4) is 0 Å². The summed E-state index contributed by atoms with van der Waals surface area (Å²) in [6.45, 7) is 5.11. The largest absolute Gasteiger partial charge is 0.450 e. The molecule has 2 amide bonds. The second-order valence-corrected chi connectivity index (χ2v) is 5.91. The highest BCUT2D eigenvalue weighted by Gasteiger charge is 2.06. The number of hydrogen-bond donors (Lipinski definition) is 2. The Hall–Kier alpha value is -3.02. The molecule has 0 heterocycles. The summed E-state index contributed by atoms with van der Waals surface area (Å²) in [7, 11) is 0. The molecule has 2 N–H and O–H groups in total. The summed E-state index contributed by atoms with van der Waals surface area (Å²) in [4.78, 5) is 22.8. The van der Waals surface area contributed by atoms with Crippen LogP contribution in [0, 0.1) is 0 Å². The molecule has 0 aliphatic rings. The second-order valence-electron chi connectivity index (χ2n) is 5.91. The van der Waals surface area contributed by atoms with Crippen molar-refractivity contribution in [1.82, 2.24) is 10.6 Å². The minimum atomic E-state index is -0.412. The molecular formula is C21H26N2O4. The highest BCUT2D eigenvalue weighted by Crippen LogP contribution is 2.15. The van der Waals surface area contributed by atoms with Crippen LogP contribution in [-0.4, -0.2) is 25.4 Å². The first-order valence-electron chi connectivity index (χ1n) is 9.08. The van der Waals surface area contributed by atoms with Gasteiger partial charge in [-0.15, -0.1) is 0 Å². The van der Waals surface area contributed by atoms with Gasteiger partial charge >= 0.3 is 12.2 Å². The van der Waals surface area contributed by atoms with Crippen molar-refractivity contribution in [3.05, 3.63) is 70.8 Å². The van der Waals surface area contributed by atoms with E-state index in [9.17, 15) is 9.59 Å². The van der Waals surface area contributed by atoms with Crippen molar-refractivity contribution in [3.63, 3.8) is 0 Å². The fraction of sp³-hybridized carbons (Fsp3) is 0.333. The number of ether oxygens (including phenoxy) is 2. The number of rotatable bonds is 8. The Morgan fingerprint density at radius 3 is 1.85 bits per heavy atom. The fourth-order valence-corrected chi connectivity index (χ4v) is 2.60. The van der Waals surface area contributed by atoms with Crippen molar-refractivity contribution < 1.29 is 19.1 Å². The fourth-order valence-electron chi connectivity index (χ4n) is 2.60. The SMILES string of the molecule is CCOC(=O)NCc1ccc(Cc2ccccc2CNC(=O)OCC)cc1. The monoisotopic (exact) mass is 370 g/mol. The number of alkyl carbamates (subject to hydrolysis) is 2. The summed E-state index contributed by atoms with van der Waals surface area (Å²) in [6, 6.07) is 16.0. The average molecular weight is 370 g/mol. The van der Waals surface area contributed by atoms with Crippen molar-refractivity contribution in [1.29, 1.82) is 0 Å². The van der Waals surface area contributed by atoms with Gasteiger partial charge in [-0.05, 0) is 42.5 Å². The molecule has 0 aliphatic carbocycles. The van der Waals surface area contributed by atoms with Gasteiger partial charge in [-0.1, -0.05) is 48.5 Å². The lowest BCUT2D eigenvalue weighted by molar-refractivity contribution is 0.150.